The molecule has 0 aliphatic carbocycles. The number of ether oxygens (including phenoxy) is 1. The van der Waals surface area contributed by atoms with Crippen LogP contribution in [0.5, 0.6) is 0 Å². The van der Waals surface area contributed by atoms with Crippen molar-refractivity contribution in [2.45, 2.75) is 70.6 Å². The number of carbonyl (C=O) groups excluding carboxylic acids is 3. The van der Waals surface area contributed by atoms with Crippen LogP contribution in [0, 0.1) is 5.41 Å². The molecule has 3 amide bonds. The highest BCUT2D eigenvalue weighted by Crippen LogP contribution is 2.47. The van der Waals surface area contributed by atoms with E-state index in [-0.39, 0.29) is 30.2 Å². The van der Waals surface area contributed by atoms with E-state index in [1.807, 2.05) is 24.3 Å². The van der Waals surface area contributed by atoms with Crippen molar-refractivity contribution in [3.8, 4) is 0 Å². The quantitative estimate of drug-likeness (QED) is 0.602. The van der Waals surface area contributed by atoms with Gasteiger partial charge in [-0.15, -0.1) is 11.8 Å². The molecule has 0 bridgehead atoms. The smallest absolute Gasteiger partial charge is 0.410 e. The Morgan fingerprint density at radius 3 is 2.33 bits per heavy atom. The fourth-order valence-electron chi connectivity index (χ4n) is 4.16. The number of carboxylic acid groups (broad SMARTS) is 1. The molecule has 1 N–H and O–H groups in total. The highest BCUT2D eigenvalue weighted by atomic mass is 32.2. The number of aliphatic carboxylic acids is 1. The predicted molar refractivity (Wildman–Crippen MR) is 139 cm³/mol. The summed E-state index contributed by atoms with van der Waals surface area (Å²) in [5.41, 5.74) is 0.803. The fourth-order valence-corrected chi connectivity index (χ4v) is 5.66. The maximum Gasteiger partial charge on any atom is 0.410 e. The van der Waals surface area contributed by atoms with Crippen LogP contribution in [0.25, 0.3) is 0 Å². The zero-order valence-electron chi connectivity index (χ0n) is 21.9. The average Bonchev–Trinajstić information content (AvgIpc) is 3.05. The van der Waals surface area contributed by atoms with Gasteiger partial charge in [0.1, 0.15) is 17.5 Å². The molecule has 36 heavy (non-hydrogen) atoms. The zero-order valence-corrected chi connectivity index (χ0v) is 22.8. The Bertz CT molecular complexity index is 1020. The van der Waals surface area contributed by atoms with Crippen molar-refractivity contribution in [3.63, 3.8) is 0 Å². The molecule has 0 radical (unpaired) electrons. The first-order valence-electron chi connectivity index (χ1n) is 12.2. The maximum absolute atomic E-state index is 13.2. The van der Waals surface area contributed by atoms with E-state index in [1.165, 1.54) is 16.7 Å². The summed E-state index contributed by atoms with van der Waals surface area (Å²) in [4.78, 5) is 55.1. The summed E-state index contributed by atoms with van der Waals surface area (Å²) >= 11 is 1.32. The van der Waals surface area contributed by atoms with Crippen LogP contribution in [0.15, 0.2) is 24.3 Å². The Morgan fingerprint density at radius 1 is 1.08 bits per heavy atom. The third kappa shape index (κ3) is 6.93. The number of rotatable bonds is 6. The molecule has 198 valence electrons. The van der Waals surface area contributed by atoms with Crippen LogP contribution in [0.4, 0.5) is 10.5 Å². The minimum absolute atomic E-state index is 0.00609. The highest BCUT2D eigenvalue weighted by molar-refractivity contribution is 8.01. The zero-order chi connectivity index (χ0) is 26.8. The Kier molecular flexibility index (Phi) is 8.27. The van der Waals surface area contributed by atoms with Gasteiger partial charge in [0.05, 0.1) is 11.7 Å². The predicted octanol–water partition coefficient (Wildman–Crippen LogP) is 4.12. The topological polar surface area (TPSA) is 107 Å². The number of nitrogens with zero attached hydrogens (tertiary/aromatic N) is 3. The van der Waals surface area contributed by atoms with Gasteiger partial charge in [0, 0.05) is 30.9 Å². The normalized spacial score (nSPS) is 21.2. The van der Waals surface area contributed by atoms with E-state index in [0.717, 1.165) is 12.0 Å². The molecule has 2 fully saturated rings. The van der Waals surface area contributed by atoms with Gasteiger partial charge in [0.2, 0.25) is 11.8 Å². The largest absolute Gasteiger partial charge is 0.481 e. The average molecular weight is 520 g/mol. The van der Waals surface area contributed by atoms with Crippen molar-refractivity contribution in [1.29, 1.82) is 0 Å². The molecule has 2 heterocycles. The molecule has 9 nitrogen and oxygen atoms in total. The number of carboxylic acids is 1. The van der Waals surface area contributed by atoms with Gasteiger partial charge in [-0.25, -0.2) is 4.79 Å². The second-order valence-electron chi connectivity index (χ2n) is 11.4. The lowest BCUT2D eigenvalue weighted by atomic mass is 9.92. The number of anilines is 1. The van der Waals surface area contributed by atoms with Gasteiger partial charge in [-0.3, -0.25) is 19.3 Å². The van der Waals surface area contributed by atoms with E-state index in [0.29, 0.717) is 25.3 Å². The molecule has 3 rings (SSSR count). The first kappa shape index (κ1) is 27.8. The van der Waals surface area contributed by atoms with E-state index in [9.17, 15) is 24.3 Å². The molecule has 2 aliphatic rings. The van der Waals surface area contributed by atoms with Gasteiger partial charge < -0.3 is 19.6 Å². The lowest BCUT2D eigenvalue weighted by Gasteiger charge is -2.37. The van der Waals surface area contributed by atoms with Crippen molar-refractivity contribution in [2.24, 2.45) is 5.41 Å². The van der Waals surface area contributed by atoms with Crippen LogP contribution in [0.3, 0.4) is 0 Å². The standard InChI is InChI=1S/C26H37N3O6S/c1-25(2,3)11-12-29-22(33)19(15-21(31)32)36-23(29)17-9-7-8-10-18(17)28-14-13-27(16-20(28)30)24(34)35-26(4,5)6/h7-10,19,23H,11-16H2,1-6H3,(H,31,32)/t19-,23?/m0/s1. The summed E-state index contributed by atoms with van der Waals surface area (Å²) in [6.45, 7) is 12.6. The molecule has 0 saturated carbocycles. The molecule has 1 aromatic rings. The second kappa shape index (κ2) is 10.7. The highest BCUT2D eigenvalue weighted by Gasteiger charge is 2.43. The minimum atomic E-state index is -1.01. The lowest BCUT2D eigenvalue weighted by Crippen LogP contribution is -2.53. The van der Waals surface area contributed by atoms with Crippen LogP contribution in [0.1, 0.15) is 65.3 Å². The molecule has 10 heteroatoms. The van der Waals surface area contributed by atoms with Crippen molar-refractivity contribution in [3.05, 3.63) is 29.8 Å². The third-order valence-electron chi connectivity index (χ3n) is 5.96. The van der Waals surface area contributed by atoms with Gasteiger partial charge in [0.15, 0.2) is 0 Å². The SMILES string of the molecule is CC(C)(C)CCN1C(=O)[C@H](CC(=O)O)SC1c1ccccc1N1CCN(C(=O)OC(C)(C)C)CC1=O. The molecular formula is C26H37N3O6S. The van der Waals surface area contributed by atoms with E-state index in [1.54, 1.807) is 30.6 Å². The van der Waals surface area contributed by atoms with Crippen molar-refractivity contribution in [1.82, 2.24) is 9.80 Å². The van der Waals surface area contributed by atoms with Gasteiger partial charge in [-0.05, 0) is 38.7 Å². The summed E-state index contributed by atoms with van der Waals surface area (Å²) in [6, 6.07) is 7.43. The molecule has 2 aliphatic heterocycles. The molecule has 2 saturated heterocycles. The fraction of sp³-hybridized carbons (Fsp3) is 0.615. The second-order valence-corrected chi connectivity index (χ2v) is 12.7. The lowest BCUT2D eigenvalue weighted by molar-refractivity contribution is -0.140. The number of hydrogen-bond acceptors (Lipinski definition) is 6. The third-order valence-corrected chi connectivity index (χ3v) is 7.43. The van der Waals surface area contributed by atoms with Gasteiger partial charge in [-0.1, -0.05) is 39.0 Å². The van der Waals surface area contributed by atoms with Crippen molar-refractivity contribution < 1.29 is 29.0 Å². The van der Waals surface area contributed by atoms with E-state index in [4.69, 9.17) is 4.74 Å². The van der Waals surface area contributed by atoms with Crippen LogP contribution in [0.2, 0.25) is 0 Å². The van der Waals surface area contributed by atoms with E-state index >= 15 is 0 Å². The Labute approximate surface area is 217 Å². The Hall–Kier alpha value is -2.75. The minimum Gasteiger partial charge on any atom is -0.481 e. The van der Waals surface area contributed by atoms with Crippen LogP contribution >= 0.6 is 11.8 Å². The summed E-state index contributed by atoms with van der Waals surface area (Å²) < 4.78 is 5.42. The monoisotopic (exact) mass is 519 g/mol. The summed E-state index contributed by atoms with van der Waals surface area (Å²) in [6.07, 6.45) is -0.0157. The molecule has 2 atom stereocenters. The number of benzene rings is 1. The molecule has 1 aromatic carbocycles. The first-order valence-corrected chi connectivity index (χ1v) is 13.2. The molecule has 0 spiro atoms. The van der Waals surface area contributed by atoms with Crippen LogP contribution in [-0.2, 0) is 19.1 Å². The number of carbonyl (C=O) groups is 4. The van der Waals surface area contributed by atoms with Gasteiger partial charge in [0.25, 0.3) is 0 Å². The summed E-state index contributed by atoms with van der Waals surface area (Å²) in [5.74, 6) is -1.44. The first-order chi connectivity index (χ1) is 16.7. The molecule has 1 unspecified atom stereocenters. The summed E-state index contributed by atoms with van der Waals surface area (Å²) in [7, 11) is 0. The van der Waals surface area contributed by atoms with Gasteiger partial charge >= 0.3 is 12.1 Å². The van der Waals surface area contributed by atoms with Crippen LogP contribution in [-0.4, -0.2) is 75.8 Å². The van der Waals surface area contributed by atoms with Crippen molar-refractivity contribution in [2.75, 3.05) is 31.1 Å². The Morgan fingerprint density at radius 2 is 1.75 bits per heavy atom. The van der Waals surface area contributed by atoms with E-state index < -0.39 is 28.3 Å². The summed E-state index contributed by atoms with van der Waals surface area (Å²) in [5, 5.41) is 8.26. The van der Waals surface area contributed by atoms with Crippen LogP contribution < -0.4 is 4.90 Å². The number of thioether (sulfide) groups is 1. The van der Waals surface area contributed by atoms with E-state index in [2.05, 4.69) is 20.8 Å². The van der Waals surface area contributed by atoms with Crippen molar-refractivity contribution >= 4 is 41.3 Å². The number of hydrogen-bond donors (Lipinski definition) is 1. The Balaban J connectivity index is 1.86. The van der Waals surface area contributed by atoms with Gasteiger partial charge in [-0.2, -0.15) is 0 Å². The number of para-hydroxylation sites is 1. The number of amides is 3. The molecular weight excluding hydrogens is 482 g/mol. The molecule has 0 aromatic heterocycles. The number of piperazine rings is 1. The maximum atomic E-state index is 13.2.